The normalized spacial score (nSPS) is 11.0. The first-order valence-electron chi connectivity index (χ1n) is 6.20. The Kier molecular flexibility index (Phi) is 5.98. The molecular formula is C13H21F2N3. The van der Waals surface area contributed by atoms with Gasteiger partial charge in [0.1, 0.15) is 5.82 Å². The molecule has 0 aliphatic rings. The molecule has 18 heavy (non-hydrogen) atoms. The zero-order valence-electron chi connectivity index (χ0n) is 11.2. The fraction of sp³-hybridized carbons (Fsp3) is 0.615. The van der Waals surface area contributed by atoms with Crippen LogP contribution in [0.3, 0.4) is 0 Å². The van der Waals surface area contributed by atoms with Crippen LogP contribution in [-0.4, -0.2) is 31.5 Å². The summed E-state index contributed by atoms with van der Waals surface area (Å²) < 4.78 is 24.7. The van der Waals surface area contributed by atoms with E-state index in [9.17, 15) is 8.78 Å². The second-order valence-electron chi connectivity index (χ2n) is 4.42. The third-order valence-corrected chi connectivity index (χ3v) is 2.56. The van der Waals surface area contributed by atoms with Crippen LogP contribution < -0.4 is 10.2 Å². The minimum atomic E-state index is -2.35. The first kappa shape index (κ1) is 14.8. The van der Waals surface area contributed by atoms with Crippen molar-refractivity contribution < 1.29 is 8.78 Å². The second kappa shape index (κ2) is 7.26. The maximum Gasteiger partial charge on any atom is 0.255 e. The van der Waals surface area contributed by atoms with Gasteiger partial charge in [0.2, 0.25) is 0 Å². The number of pyridine rings is 1. The first-order chi connectivity index (χ1) is 8.52. The summed E-state index contributed by atoms with van der Waals surface area (Å²) in [4.78, 5) is 5.77. The van der Waals surface area contributed by atoms with Gasteiger partial charge in [0.05, 0.1) is 6.54 Å². The number of hydrogen-bond donors (Lipinski definition) is 1. The summed E-state index contributed by atoms with van der Waals surface area (Å²) in [6.45, 7) is 5.38. The summed E-state index contributed by atoms with van der Waals surface area (Å²) in [5.41, 5.74) is 1.92. The number of alkyl halides is 2. The van der Waals surface area contributed by atoms with Crippen LogP contribution in [0.2, 0.25) is 0 Å². The van der Waals surface area contributed by atoms with Crippen LogP contribution in [-0.2, 0) is 6.54 Å². The summed E-state index contributed by atoms with van der Waals surface area (Å²) in [6.07, 6.45) is -1.28. The zero-order valence-corrected chi connectivity index (χ0v) is 11.2. The molecule has 0 unspecified atom stereocenters. The standard InChI is InChI=1S/C13H21F2N3/c1-4-5-16-8-11-6-10(2)17-13(7-11)18(3)9-12(14)15/h6-7,12,16H,4-5,8-9H2,1-3H3. The number of nitrogens with one attached hydrogen (secondary N) is 1. The summed E-state index contributed by atoms with van der Waals surface area (Å²) in [7, 11) is 1.64. The highest BCUT2D eigenvalue weighted by atomic mass is 19.3. The summed E-state index contributed by atoms with van der Waals surface area (Å²) in [6, 6.07) is 3.83. The molecule has 1 N–H and O–H groups in total. The summed E-state index contributed by atoms with van der Waals surface area (Å²) >= 11 is 0. The first-order valence-corrected chi connectivity index (χ1v) is 6.20. The number of aryl methyl sites for hydroxylation is 1. The molecule has 1 rings (SSSR count). The van der Waals surface area contributed by atoms with E-state index in [2.05, 4.69) is 17.2 Å². The van der Waals surface area contributed by atoms with E-state index < -0.39 is 6.43 Å². The molecule has 1 aromatic heterocycles. The van der Waals surface area contributed by atoms with E-state index >= 15 is 0 Å². The molecule has 0 amide bonds. The average Bonchev–Trinajstić information content (AvgIpc) is 2.27. The lowest BCUT2D eigenvalue weighted by atomic mass is 10.2. The third-order valence-electron chi connectivity index (χ3n) is 2.56. The van der Waals surface area contributed by atoms with Gasteiger partial charge in [-0.1, -0.05) is 6.92 Å². The Morgan fingerprint density at radius 2 is 2.11 bits per heavy atom. The Balaban J connectivity index is 2.73. The van der Waals surface area contributed by atoms with E-state index in [1.165, 1.54) is 4.90 Å². The average molecular weight is 257 g/mol. The van der Waals surface area contributed by atoms with Crippen molar-refractivity contribution >= 4 is 5.82 Å². The van der Waals surface area contributed by atoms with Crippen molar-refractivity contribution in [2.75, 3.05) is 25.0 Å². The molecule has 102 valence electrons. The number of rotatable bonds is 7. The van der Waals surface area contributed by atoms with Crippen molar-refractivity contribution in [3.05, 3.63) is 23.4 Å². The maximum absolute atomic E-state index is 12.3. The summed E-state index contributed by atoms with van der Waals surface area (Å²) in [5, 5.41) is 3.29. The predicted molar refractivity (Wildman–Crippen MR) is 70.2 cm³/mol. The SMILES string of the molecule is CCCNCc1cc(C)nc(N(C)CC(F)F)c1. The molecule has 0 bridgehead atoms. The Bertz CT molecular complexity index is 369. The third kappa shape index (κ3) is 4.96. The summed E-state index contributed by atoms with van der Waals surface area (Å²) in [5.74, 6) is 0.601. The Labute approximate surface area is 107 Å². The van der Waals surface area contributed by atoms with Gasteiger partial charge in [-0.2, -0.15) is 0 Å². The molecule has 0 saturated heterocycles. The highest BCUT2D eigenvalue weighted by molar-refractivity contribution is 5.41. The lowest BCUT2D eigenvalue weighted by Crippen LogP contribution is -2.25. The molecule has 0 fully saturated rings. The molecule has 0 aromatic carbocycles. The molecule has 1 heterocycles. The fourth-order valence-electron chi connectivity index (χ4n) is 1.73. The number of aromatic nitrogens is 1. The van der Waals surface area contributed by atoms with E-state index in [0.29, 0.717) is 5.82 Å². The molecule has 0 aliphatic carbocycles. The highest BCUT2D eigenvalue weighted by Gasteiger charge is 2.10. The van der Waals surface area contributed by atoms with E-state index in [-0.39, 0.29) is 6.54 Å². The van der Waals surface area contributed by atoms with Crippen molar-refractivity contribution in [1.29, 1.82) is 0 Å². The highest BCUT2D eigenvalue weighted by Crippen LogP contribution is 2.14. The van der Waals surface area contributed by atoms with E-state index in [1.807, 2.05) is 19.1 Å². The van der Waals surface area contributed by atoms with Gasteiger partial charge in [0, 0.05) is 19.3 Å². The van der Waals surface area contributed by atoms with Gasteiger partial charge in [-0.25, -0.2) is 13.8 Å². The van der Waals surface area contributed by atoms with Gasteiger partial charge < -0.3 is 10.2 Å². The van der Waals surface area contributed by atoms with Crippen molar-refractivity contribution in [1.82, 2.24) is 10.3 Å². The van der Waals surface area contributed by atoms with Gasteiger partial charge in [-0.3, -0.25) is 0 Å². The molecular weight excluding hydrogens is 236 g/mol. The van der Waals surface area contributed by atoms with Crippen LogP contribution in [0.5, 0.6) is 0 Å². The number of halogens is 2. The number of anilines is 1. The van der Waals surface area contributed by atoms with Crippen LogP contribution in [0, 0.1) is 6.92 Å². The van der Waals surface area contributed by atoms with Crippen molar-refractivity contribution in [2.45, 2.75) is 33.2 Å². The van der Waals surface area contributed by atoms with Gasteiger partial charge in [0.25, 0.3) is 6.43 Å². The predicted octanol–water partition coefficient (Wildman–Crippen LogP) is 2.59. The lowest BCUT2D eigenvalue weighted by molar-refractivity contribution is 0.156. The van der Waals surface area contributed by atoms with Crippen molar-refractivity contribution in [2.24, 2.45) is 0 Å². The molecule has 0 spiro atoms. The van der Waals surface area contributed by atoms with Gasteiger partial charge in [-0.15, -0.1) is 0 Å². The molecule has 1 aromatic rings. The smallest absolute Gasteiger partial charge is 0.255 e. The van der Waals surface area contributed by atoms with E-state index in [1.54, 1.807) is 7.05 Å². The van der Waals surface area contributed by atoms with Gasteiger partial charge >= 0.3 is 0 Å². The van der Waals surface area contributed by atoms with Crippen LogP contribution in [0.25, 0.3) is 0 Å². The minimum absolute atomic E-state index is 0.293. The number of hydrogen-bond acceptors (Lipinski definition) is 3. The van der Waals surface area contributed by atoms with Gasteiger partial charge in [-0.05, 0) is 37.6 Å². The van der Waals surface area contributed by atoms with Crippen LogP contribution in [0.4, 0.5) is 14.6 Å². The van der Waals surface area contributed by atoms with E-state index in [4.69, 9.17) is 0 Å². The lowest BCUT2D eigenvalue weighted by Gasteiger charge is -2.19. The molecule has 5 heteroatoms. The topological polar surface area (TPSA) is 28.2 Å². The zero-order chi connectivity index (χ0) is 13.5. The minimum Gasteiger partial charge on any atom is -0.354 e. The fourth-order valence-corrected chi connectivity index (χ4v) is 1.73. The van der Waals surface area contributed by atoms with Crippen molar-refractivity contribution in [3.8, 4) is 0 Å². The van der Waals surface area contributed by atoms with Crippen LogP contribution >= 0.6 is 0 Å². The molecule has 0 aliphatic heterocycles. The Morgan fingerprint density at radius 3 is 2.72 bits per heavy atom. The quantitative estimate of drug-likeness (QED) is 0.761. The Morgan fingerprint density at radius 1 is 1.39 bits per heavy atom. The van der Waals surface area contributed by atoms with Crippen molar-refractivity contribution in [3.63, 3.8) is 0 Å². The number of nitrogens with zero attached hydrogens (tertiary/aromatic N) is 2. The largest absolute Gasteiger partial charge is 0.354 e. The molecule has 0 saturated carbocycles. The second-order valence-corrected chi connectivity index (χ2v) is 4.42. The molecule has 3 nitrogen and oxygen atoms in total. The maximum atomic E-state index is 12.3. The van der Waals surface area contributed by atoms with Gasteiger partial charge in [0.15, 0.2) is 0 Å². The van der Waals surface area contributed by atoms with Crippen LogP contribution in [0.1, 0.15) is 24.6 Å². The monoisotopic (exact) mass is 257 g/mol. The Hall–Kier alpha value is -1.23. The molecule has 0 radical (unpaired) electrons. The molecule has 0 atom stereocenters. The van der Waals surface area contributed by atoms with E-state index in [0.717, 1.165) is 30.8 Å². The van der Waals surface area contributed by atoms with Crippen LogP contribution in [0.15, 0.2) is 12.1 Å².